The number of piperidine rings is 1. The summed E-state index contributed by atoms with van der Waals surface area (Å²) in [5, 5.41) is 9.34. The van der Waals surface area contributed by atoms with Gasteiger partial charge < -0.3 is 10.0 Å². The topological polar surface area (TPSA) is 70.5 Å². The van der Waals surface area contributed by atoms with Crippen LogP contribution >= 0.6 is 0 Å². The fraction of sp³-hybridized carbons (Fsp3) is 0.167. The van der Waals surface area contributed by atoms with Crippen LogP contribution in [0, 0.1) is 0 Å². The molecule has 1 saturated heterocycles. The molecule has 0 aliphatic carbocycles. The molecule has 1 fully saturated rings. The Kier molecular flexibility index (Phi) is 4.19. The Balaban J connectivity index is 1.97. The number of carbonyl (C=O) groups is 2. The lowest BCUT2D eigenvalue weighted by atomic mass is 9.86. The minimum absolute atomic E-state index is 0.0423. The molecule has 1 aliphatic rings. The average molecular weight is 308 g/mol. The smallest absolute Gasteiger partial charge is 0.407 e. The highest BCUT2D eigenvalue weighted by Gasteiger charge is 2.34. The predicted octanol–water partition coefficient (Wildman–Crippen LogP) is 2.81. The predicted molar refractivity (Wildman–Crippen MR) is 86.0 cm³/mol. The second-order valence-corrected chi connectivity index (χ2v) is 5.41. The molecule has 3 rings (SSSR count). The summed E-state index contributed by atoms with van der Waals surface area (Å²) in [6.45, 7) is 0.270. The van der Waals surface area contributed by atoms with E-state index in [1.807, 2.05) is 36.4 Å². The SMILES string of the molecule is O=C1/C(=C\c2ccccn2)CN(C(=O)O)CC1c1ccccc1. The molecule has 1 aromatic carbocycles. The van der Waals surface area contributed by atoms with E-state index in [0.29, 0.717) is 11.3 Å². The third-order valence-electron chi connectivity index (χ3n) is 3.88. The number of aromatic nitrogens is 1. The first-order valence-electron chi connectivity index (χ1n) is 7.34. The molecule has 2 aromatic rings. The molecule has 1 amide bonds. The van der Waals surface area contributed by atoms with Crippen LogP contribution in [-0.2, 0) is 4.79 Å². The number of hydrogen-bond acceptors (Lipinski definition) is 3. The molecule has 5 heteroatoms. The first-order chi connectivity index (χ1) is 11.1. The molecular weight excluding hydrogens is 292 g/mol. The van der Waals surface area contributed by atoms with Gasteiger partial charge in [-0.15, -0.1) is 0 Å². The summed E-state index contributed by atoms with van der Waals surface area (Å²) in [7, 11) is 0. The van der Waals surface area contributed by atoms with E-state index < -0.39 is 12.0 Å². The van der Waals surface area contributed by atoms with Crippen LogP contribution in [0.2, 0.25) is 0 Å². The van der Waals surface area contributed by atoms with E-state index in [9.17, 15) is 14.7 Å². The summed E-state index contributed by atoms with van der Waals surface area (Å²) in [6, 6.07) is 14.7. The summed E-state index contributed by atoms with van der Waals surface area (Å²) in [6.07, 6.45) is 2.29. The van der Waals surface area contributed by atoms with Crippen LogP contribution in [-0.4, -0.2) is 40.0 Å². The number of carbonyl (C=O) groups excluding carboxylic acids is 1. The molecule has 0 bridgehead atoms. The number of ketones is 1. The summed E-state index contributed by atoms with van der Waals surface area (Å²) in [5.74, 6) is -0.518. The van der Waals surface area contributed by atoms with Crippen LogP contribution in [0.25, 0.3) is 6.08 Å². The number of rotatable bonds is 2. The summed E-state index contributed by atoms with van der Waals surface area (Å²) >= 11 is 0. The number of pyridine rings is 1. The normalized spacial score (nSPS) is 19.8. The lowest BCUT2D eigenvalue weighted by Gasteiger charge is -2.31. The highest BCUT2D eigenvalue weighted by molar-refractivity contribution is 6.05. The number of hydrogen-bond donors (Lipinski definition) is 1. The van der Waals surface area contributed by atoms with E-state index in [2.05, 4.69) is 4.98 Å². The highest BCUT2D eigenvalue weighted by Crippen LogP contribution is 2.27. The van der Waals surface area contributed by atoms with Crippen molar-refractivity contribution in [2.75, 3.05) is 13.1 Å². The second kappa shape index (κ2) is 6.44. The zero-order chi connectivity index (χ0) is 16.2. The Morgan fingerprint density at radius 2 is 1.91 bits per heavy atom. The summed E-state index contributed by atoms with van der Waals surface area (Å²) in [4.78, 5) is 29.6. The monoisotopic (exact) mass is 308 g/mol. The van der Waals surface area contributed by atoms with Gasteiger partial charge in [-0.05, 0) is 23.8 Å². The molecule has 0 radical (unpaired) electrons. The van der Waals surface area contributed by atoms with Crippen LogP contribution in [0.5, 0.6) is 0 Å². The van der Waals surface area contributed by atoms with Gasteiger partial charge in [-0.3, -0.25) is 9.78 Å². The number of Topliss-reactive ketones (excluding diaryl/α,β-unsaturated/α-hetero) is 1. The fourth-order valence-corrected chi connectivity index (χ4v) is 2.72. The molecule has 0 spiro atoms. The Morgan fingerprint density at radius 1 is 1.17 bits per heavy atom. The van der Waals surface area contributed by atoms with Crippen molar-refractivity contribution in [1.82, 2.24) is 9.88 Å². The van der Waals surface area contributed by atoms with E-state index in [1.54, 1.807) is 24.4 Å². The van der Waals surface area contributed by atoms with Gasteiger partial charge in [0, 0.05) is 18.3 Å². The van der Waals surface area contributed by atoms with Gasteiger partial charge >= 0.3 is 6.09 Å². The third kappa shape index (κ3) is 3.29. The van der Waals surface area contributed by atoms with Crippen LogP contribution in [0.1, 0.15) is 17.2 Å². The third-order valence-corrected chi connectivity index (χ3v) is 3.88. The largest absolute Gasteiger partial charge is 0.465 e. The maximum Gasteiger partial charge on any atom is 0.407 e. The molecule has 1 N–H and O–H groups in total. The van der Waals surface area contributed by atoms with Gasteiger partial charge in [0.15, 0.2) is 5.78 Å². The van der Waals surface area contributed by atoms with Gasteiger partial charge in [0.2, 0.25) is 0 Å². The Labute approximate surface area is 133 Å². The van der Waals surface area contributed by atoms with Crippen molar-refractivity contribution in [2.24, 2.45) is 0 Å². The summed E-state index contributed by atoms with van der Waals surface area (Å²) < 4.78 is 0. The van der Waals surface area contributed by atoms with Crippen LogP contribution < -0.4 is 0 Å². The van der Waals surface area contributed by atoms with Crippen molar-refractivity contribution >= 4 is 18.0 Å². The van der Waals surface area contributed by atoms with Gasteiger partial charge in [-0.1, -0.05) is 36.4 Å². The minimum Gasteiger partial charge on any atom is -0.465 e. The van der Waals surface area contributed by atoms with Crippen molar-refractivity contribution in [1.29, 1.82) is 0 Å². The van der Waals surface area contributed by atoms with Crippen molar-refractivity contribution < 1.29 is 14.7 Å². The van der Waals surface area contributed by atoms with Crippen LogP contribution in [0.15, 0.2) is 60.3 Å². The zero-order valence-electron chi connectivity index (χ0n) is 12.4. The van der Waals surface area contributed by atoms with Gasteiger partial charge in [-0.25, -0.2) is 4.79 Å². The molecule has 1 aliphatic heterocycles. The van der Waals surface area contributed by atoms with Crippen LogP contribution in [0.4, 0.5) is 4.79 Å². The minimum atomic E-state index is -1.02. The molecule has 116 valence electrons. The molecule has 23 heavy (non-hydrogen) atoms. The Hall–Kier alpha value is -2.95. The zero-order valence-corrected chi connectivity index (χ0v) is 12.4. The number of amides is 1. The van der Waals surface area contributed by atoms with Crippen molar-refractivity contribution in [3.63, 3.8) is 0 Å². The lowest BCUT2D eigenvalue weighted by Crippen LogP contribution is -2.43. The Bertz CT molecular complexity index is 741. The molecule has 1 atom stereocenters. The van der Waals surface area contributed by atoms with Crippen molar-refractivity contribution in [3.8, 4) is 0 Å². The number of benzene rings is 1. The van der Waals surface area contributed by atoms with Crippen LogP contribution in [0.3, 0.4) is 0 Å². The van der Waals surface area contributed by atoms with Gasteiger partial charge in [0.25, 0.3) is 0 Å². The van der Waals surface area contributed by atoms with E-state index >= 15 is 0 Å². The highest BCUT2D eigenvalue weighted by atomic mass is 16.4. The second-order valence-electron chi connectivity index (χ2n) is 5.41. The first-order valence-corrected chi connectivity index (χ1v) is 7.34. The van der Waals surface area contributed by atoms with Crippen molar-refractivity contribution in [2.45, 2.75) is 5.92 Å². The molecule has 2 heterocycles. The maximum atomic E-state index is 12.8. The molecular formula is C18H16N2O3. The van der Waals surface area contributed by atoms with E-state index in [-0.39, 0.29) is 18.9 Å². The number of likely N-dealkylation sites (tertiary alicyclic amines) is 1. The average Bonchev–Trinajstić information content (AvgIpc) is 2.58. The van der Waals surface area contributed by atoms with Gasteiger partial charge in [-0.2, -0.15) is 0 Å². The molecule has 5 nitrogen and oxygen atoms in total. The fourth-order valence-electron chi connectivity index (χ4n) is 2.72. The molecule has 1 unspecified atom stereocenters. The van der Waals surface area contributed by atoms with Crippen molar-refractivity contribution in [3.05, 3.63) is 71.6 Å². The van der Waals surface area contributed by atoms with Gasteiger partial charge in [0.05, 0.1) is 18.2 Å². The summed E-state index contributed by atoms with van der Waals surface area (Å²) in [5.41, 5.74) is 1.94. The van der Waals surface area contributed by atoms with E-state index in [4.69, 9.17) is 0 Å². The Morgan fingerprint density at radius 3 is 2.57 bits per heavy atom. The van der Waals surface area contributed by atoms with E-state index in [0.717, 1.165) is 5.56 Å². The number of carboxylic acid groups (broad SMARTS) is 1. The lowest BCUT2D eigenvalue weighted by molar-refractivity contribution is -0.118. The first kappa shape index (κ1) is 15.0. The van der Waals surface area contributed by atoms with E-state index in [1.165, 1.54) is 4.90 Å². The molecule has 0 saturated carbocycles. The standard InChI is InChI=1S/C18H16N2O3/c21-17-14(10-15-8-4-5-9-19-15)11-20(18(22)23)12-16(17)13-6-2-1-3-7-13/h1-10,16H,11-12H2,(H,22,23)/b14-10-. The quantitative estimate of drug-likeness (QED) is 0.866. The maximum absolute atomic E-state index is 12.8. The molecule has 1 aromatic heterocycles. The van der Waals surface area contributed by atoms with Gasteiger partial charge in [0.1, 0.15) is 0 Å². The number of nitrogens with zero attached hydrogens (tertiary/aromatic N) is 2.